The van der Waals surface area contributed by atoms with E-state index in [0.717, 1.165) is 6.07 Å². The number of carbonyl (C=O) groups is 2. The van der Waals surface area contributed by atoms with Crippen LogP contribution in [-0.4, -0.2) is 31.2 Å². The monoisotopic (exact) mass is 366 g/mol. The summed E-state index contributed by atoms with van der Waals surface area (Å²) in [5, 5.41) is 2.49. The summed E-state index contributed by atoms with van der Waals surface area (Å²) < 4.78 is 31.8. The second kappa shape index (κ2) is 7.06. The minimum Gasteiger partial charge on any atom is -0.442 e. The third-order valence-corrected chi connectivity index (χ3v) is 4.01. The van der Waals surface area contributed by atoms with Gasteiger partial charge in [0.2, 0.25) is 0 Å². The normalized spacial score (nSPS) is 16.7. The predicted molar refractivity (Wildman–Crippen MR) is 87.8 cm³/mol. The van der Waals surface area contributed by atoms with Crippen molar-refractivity contribution >= 4 is 29.3 Å². The van der Waals surface area contributed by atoms with Gasteiger partial charge in [-0.25, -0.2) is 13.6 Å². The number of hydrogen-bond donors (Lipinski definition) is 1. The van der Waals surface area contributed by atoms with E-state index in [-0.39, 0.29) is 23.7 Å². The molecule has 1 aliphatic heterocycles. The first-order valence-corrected chi connectivity index (χ1v) is 7.79. The zero-order valence-electron chi connectivity index (χ0n) is 12.8. The van der Waals surface area contributed by atoms with Crippen LogP contribution in [0.4, 0.5) is 19.3 Å². The van der Waals surface area contributed by atoms with Gasteiger partial charge in [0.15, 0.2) is 0 Å². The van der Waals surface area contributed by atoms with E-state index in [9.17, 15) is 18.4 Å². The van der Waals surface area contributed by atoms with Crippen LogP contribution in [0.1, 0.15) is 10.4 Å². The fraction of sp³-hybridized carbons (Fsp3) is 0.176. The van der Waals surface area contributed by atoms with Gasteiger partial charge in [0.1, 0.15) is 17.7 Å². The van der Waals surface area contributed by atoms with Gasteiger partial charge in [0, 0.05) is 5.69 Å². The lowest BCUT2D eigenvalue weighted by atomic mass is 10.2. The standard InChI is InChI=1S/C17H13ClF2N2O3/c18-13-2-1-3-14(20)15(13)16(23)21-8-12-9-22(17(24)25-12)11-6-4-10(19)5-7-11/h1-7,12H,8-9H2,(H,21,23). The lowest BCUT2D eigenvalue weighted by Gasteiger charge is -2.13. The van der Waals surface area contributed by atoms with Crippen molar-refractivity contribution in [2.45, 2.75) is 6.10 Å². The van der Waals surface area contributed by atoms with Crippen molar-refractivity contribution in [3.05, 3.63) is 64.7 Å². The summed E-state index contributed by atoms with van der Waals surface area (Å²) in [5.74, 6) is -1.84. The van der Waals surface area contributed by atoms with Crippen molar-refractivity contribution in [3.8, 4) is 0 Å². The summed E-state index contributed by atoms with van der Waals surface area (Å²) in [7, 11) is 0. The highest BCUT2D eigenvalue weighted by molar-refractivity contribution is 6.33. The van der Waals surface area contributed by atoms with Crippen LogP contribution in [0.15, 0.2) is 42.5 Å². The molecule has 130 valence electrons. The van der Waals surface area contributed by atoms with Gasteiger partial charge < -0.3 is 10.1 Å². The van der Waals surface area contributed by atoms with Crippen LogP contribution in [0, 0.1) is 11.6 Å². The number of hydrogen-bond acceptors (Lipinski definition) is 3. The molecular weight excluding hydrogens is 354 g/mol. The minimum absolute atomic E-state index is 0.00569. The number of ether oxygens (including phenoxy) is 1. The van der Waals surface area contributed by atoms with Gasteiger partial charge in [-0.2, -0.15) is 0 Å². The van der Waals surface area contributed by atoms with Gasteiger partial charge in [-0.05, 0) is 36.4 Å². The number of carbonyl (C=O) groups excluding carboxylic acids is 2. The minimum atomic E-state index is -0.735. The number of anilines is 1. The van der Waals surface area contributed by atoms with Gasteiger partial charge in [0.05, 0.1) is 23.7 Å². The van der Waals surface area contributed by atoms with E-state index in [0.29, 0.717) is 5.69 Å². The Hall–Kier alpha value is -2.67. The Balaban J connectivity index is 1.62. The van der Waals surface area contributed by atoms with E-state index >= 15 is 0 Å². The maximum absolute atomic E-state index is 13.7. The Kier molecular flexibility index (Phi) is 4.85. The first-order valence-electron chi connectivity index (χ1n) is 7.41. The summed E-state index contributed by atoms with van der Waals surface area (Å²) >= 11 is 5.83. The zero-order valence-corrected chi connectivity index (χ0v) is 13.6. The molecular formula is C17H13ClF2N2O3. The summed E-state index contributed by atoms with van der Waals surface area (Å²) in [6.45, 7) is 0.169. The van der Waals surface area contributed by atoms with Crippen molar-refractivity contribution in [3.63, 3.8) is 0 Å². The van der Waals surface area contributed by atoms with Gasteiger partial charge in [-0.15, -0.1) is 0 Å². The van der Waals surface area contributed by atoms with Crippen LogP contribution in [0.5, 0.6) is 0 Å². The molecule has 1 unspecified atom stereocenters. The van der Waals surface area contributed by atoms with Crippen LogP contribution >= 0.6 is 11.6 Å². The molecule has 1 aliphatic rings. The molecule has 0 aromatic heterocycles. The van der Waals surface area contributed by atoms with E-state index in [4.69, 9.17) is 16.3 Å². The van der Waals surface area contributed by atoms with Crippen LogP contribution in [0.3, 0.4) is 0 Å². The molecule has 0 saturated carbocycles. The molecule has 5 nitrogen and oxygen atoms in total. The predicted octanol–water partition coefficient (Wildman–Crippen LogP) is 3.37. The Labute approximate surface area is 147 Å². The number of amides is 2. The molecule has 8 heteroatoms. The second-order valence-corrected chi connectivity index (χ2v) is 5.81. The van der Waals surface area contributed by atoms with E-state index in [1.807, 2.05) is 0 Å². The van der Waals surface area contributed by atoms with Gasteiger partial charge >= 0.3 is 6.09 Å². The third-order valence-electron chi connectivity index (χ3n) is 3.69. The average molecular weight is 367 g/mol. The molecule has 0 radical (unpaired) electrons. The first-order chi connectivity index (χ1) is 12.0. The average Bonchev–Trinajstić information content (AvgIpc) is 2.94. The molecule has 1 atom stereocenters. The number of rotatable bonds is 4. The van der Waals surface area contributed by atoms with Gasteiger partial charge in [-0.3, -0.25) is 9.69 Å². The number of halogens is 3. The number of benzene rings is 2. The molecule has 0 bridgehead atoms. The Morgan fingerprint density at radius 2 is 1.96 bits per heavy atom. The van der Waals surface area contributed by atoms with Crippen molar-refractivity contribution < 1.29 is 23.1 Å². The van der Waals surface area contributed by atoms with E-state index < -0.39 is 29.7 Å². The Bertz CT molecular complexity index is 794. The lowest BCUT2D eigenvalue weighted by molar-refractivity contribution is 0.0912. The fourth-order valence-electron chi connectivity index (χ4n) is 2.47. The first kappa shape index (κ1) is 17.2. The van der Waals surface area contributed by atoms with Crippen molar-refractivity contribution in [1.82, 2.24) is 5.32 Å². The molecule has 2 aromatic carbocycles. The SMILES string of the molecule is O=C(NCC1CN(c2ccc(F)cc2)C(=O)O1)c1c(F)cccc1Cl. The molecule has 0 aliphatic carbocycles. The quantitative estimate of drug-likeness (QED) is 0.902. The highest BCUT2D eigenvalue weighted by Crippen LogP contribution is 2.22. The molecule has 3 rings (SSSR count). The molecule has 2 amide bonds. The van der Waals surface area contributed by atoms with Crippen molar-refractivity contribution in [2.24, 2.45) is 0 Å². The topological polar surface area (TPSA) is 58.6 Å². The van der Waals surface area contributed by atoms with Gasteiger partial charge in [-0.1, -0.05) is 17.7 Å². The largest absolute Gasteiger partial charge is 0.442 e. The highest BCUT2D eigenvalue weighted by Gasteiger charge is 2.32. The molecule has 1 saturated heterocycles. The highest BCUT2D eigenvalue weighted by atomic mass is 35.5. The van der Waals surface area contributed by atoms with Crippen LogP contribution in [0.2, 0.25) is 5.02 Å². The Morgan fingerprint density at radius 1 is 1.24 bits per heavy atom. The smallest absolute Gasteiger partial charge is 0.414 e. The lowest BCUT2D eigenvalue weighted by Crippen LogP contribution is -2.35. The number of nitrogens with zero attached hydrogens (tertiary/aromatic N) is 1. The molecule has 1 N–H and O–H groups in total. The van der Waals surface area contributed by atoms with E-state index in [1.54, 1.807) is 0 Å². The zero-order chi connectivity index (χ0) is 18.0. The molecule has 1 fully saturated rings. The number of cyclic esters (lactones) is 1. The summed E-state index contributed by atoms with van der Waals surface area (Å²) in [4.78, 5) is 25.3. The molecule has 25 heavy (non-hydrogen) atoms. The third kappa shape index (κ3) is 3.71. The molecule has 1 heterocycles. The fourth-order valence-corrected chi connectivity index (χ4v) is 2.72. The Morgan fingerprint density at radius 3 is 2.64 bits per heavy atom. The van der Waals surface area contributed by atoms with Crippen LogP contribution in [0.25, 0.3) is 0 Å². The maximum Gasteiger partial charge on any atom is 0.414 e. The maximum atomic E-state index is 13.7. The molecule has 0 spiro atoms. The van der Waals surface area contributed by atoms with Crippen LogP contribution < -0.4 is 10.2 Å². The van der Waals surface area contributed by atoms with Gasteiger partial charge in [0.25, 0.3) is 5.91 Å². The summed E-state index contributed by atoms with van der Waals surface area (Å²) in [6, 6.07) is 9.31. The van der Waals surface area contributed by atoms with E-state index in [2.05, 4.69) is 5.32 Å². The second-order valence-electron chi connectivity index (χ2n) is 5.40. The van der Waals surface area contributed by atoms with Crippen molar-refractivity contribution in [1.29, 1.82) is 0 Å². The summed E-state index contributed by atoms with van der Waals surface area (Å²) in [5.41, 5.74) is 0.223. The molecule has 2 aromatic rings. The summed E-state index contributed by atoms with van der Waals surface area (Å²) in [6.07, 6.45) is -1.22. The van der Waals surface area contributed by atoms with E-state index in [1.165, 1.54) is 41.3 Å². The number of nitrogens with one attached hydrogen (secondary N) is 1. The van der Waals surface area contributed by atoms with Crippen molar-refractivity contribution in [2.75, 3.05) is 18.0 Å². The van der Waals surface area contributed by atoms with Crippen LogP contribution in [-0.2, 0) is 4.74 Å².